The number of fused-ring (bicyclic) bond motifs is 1. The van der Waals surface area contributed by atoms with Crippen molar-refractivity contribution in [2.45, 2.75) is 50.3 Å². The zero-order valence-corrected chi connectivity index (χ0v) is 15.1. The summed E-state index contributed by atoms with van der Waals surface area (Å²) < 4.78 is 1.59. The first-order valence-corrected chi connectivity index (χ1v) is 9.38. The zero-order chi connectivity index (χ0) is 19.5. The molecule has 144 valence electrons. The monoisotopic (exact) mass is 381 g/mol. The maximum atomic E-state index is 12.7. The molecule has 3 amide bonds. The summed E-state index contributed by atoms with van der Waals surface area (Å²) in [7, 11) is 0. The Morgan fingerprint density at radius 1 is 1.21 bits per heavy atom. The first kappa shape index (κ1) is 17.1. The maximum absolute atomic E-state index is 12.7. The molecule has 1 aliphatic carbocycles. The molecule has 3 aliphatic rings. The van der Waals surface area contributed by atoms with Gasteiger partial charge < -0.3 is 10.0 Å². The maximum Gasteiger partial charge on any atom is 0.255 e. The molecule has 5 rings (SSSR count). The summed E-state index contributed by atoms with van der Waals surface area (Å²) in [5, 5.41) is 20.9. The molecule has 28 heavy (non-hydrogen) atoms. The van der Waals surface area contributed by atoms with Crippen molar-refractivity contribution in [2.75, 3.05) is 0 Å². The van der Waals surface area contributed by atoms with Crippen LogP contribution in [0.15, 0.2) is 24.4 Å². The van der Waals surface area contributed by atoms with E-state index in [1.807, 2.05) is 6.07 Å². The predicted octanol–water partition coefficient (Wildman–Crippen LogP) is 0.400. The van der Waals surface area contributed by atoms with E-state index in [0.717, 1.165) is 17.7 Å². The van der Waals surface area contributed by atoms with Gasteiger partial charge in [0.05, 0.1) is 11.9 Å². The average molecular weight is 381 g/mol. The van der Waals surface area contributed by atoms with Gasteiger partial charge in [-0.2, -0.15) is 0 Å². The summed E-state index contributed by atoms with van der Waals surface area (Å²) in [5.41, 5.74) is 1.75. The number of imide groups is 1. The molecule has 1 saturated carbocycles. The van der Waals surface area contributed by atoms with Crippen molar-refractivity contribution in [3.8, 4) is 5.69 Å². The molecule has 9 heteroatoms. The smallest absolute Gasteiger partial charge is 0.255 e. The second kappa shape index (κ2) is 5.96. The number of carbonyl (C=O) groups is 3. The number of nitrogens with one attached hydrogen (secondary N) is 1. The molecule has 2 N–H and O–H groups in total. The van der Waals surface area contributed by atoms with E-state index in [9.17, 15) is 19.5 Å². The van der Waals surface area contributed by atoms with Crippen LogP contribution >= 0.6 is 0 Å². The standard InChI is InChI=1S/C19H19N5O4/c25-16-5-4-14(17(26)20-16)23-9-11-8-12(2-3-13(11)18(23)27)24-10-15(21-22-24)19(28)6-1-7-19/h2-3,8,10,14,28H,1,4-7,9H2,(H,20,25,26). The highest BCUT2D eigenvalue weighted by atomic mass is 16.3. The fourth-order valence-corrected chi connectivity index (χ4v) is 4.07. The van der Waals surface area contributed by atoms with E-state index in [4.69, 9.17) is 0 Å². The van der Waals surface area contributed by atoms with Crippen molar-refractivity contribution in [2.24, 2.45) is 0 Å². The minimum atomic E-state index is -0.881. The van der Waals surface area contributed by atoms with E-state index in [2.05, 4.69) is 15.6 Å². The molecule has 0 spiro atoms. The highest BCUT2D eigenvalue weighted by Gasteiger charge is 2.40. The van der Waals surface area contributed by atoms with E-state index >= 15 is 0 Å². The lowest BCUT2D eigenvalue weighted by Gasteiger charge is -2.34. The number of piperidine rings is 1. The summed E-state index contributed by atoms with van der Waals surface area (Å²) in [6.07, 6.45) is 4.63. The third-order valence-electron chi connectivity index (χ3n) is 5.92. The van der Waals surface area contributed by atoms with Crippen LogP contribution in [0, 0.1) is 0 Å². The summed E-state index contributed by atoms with van der Waals surface area (Å²) >= 11 is 0. The Kier molecular flexibility index (Phi) is 3.63. The Bertz CT molecular complexity index is 1010. The van der Waals surface area contributed by atoms with Crippen molar-refractivity contribution in [3.05, 3.63) is 41.2 Å². The van der Waals surface area contributed by atoms with Gasteiger partial charge in [-0.3, -0.25) is 19.7 Å². The number of benzene rings is 1. The minimum Gasteiger partial charge on any atom is -0.383 e. The molecule has 1 saturated heterocycles. The molecular weight excluding hydrogens is 362 g/mol. The molecule has 0 bridgehead atoms. The second-order valence-electron chi connectivity index (χ2n) is 7.67. The lowest BCUT2D eigenvalue weighted by atomic mass is 9.78. The summed E-state index contributed by atoms with van der Waals surface area (Å²) in [6.45, 7) is 0.305. The molecule has 2 fully saturated rings. The topological polar surface area (TPSA) is 117 Å². The number of nitrogens with zero attached hydrogens (tertiary/aromatic N) is 4. The van der Waals surface area contributed by atoms with Gasteiger partial charge in [0.15, 0.2) is 0 Å². The fourth-order valence-electron chi connectivity index (χ4n) is 4.07. The molecule has 1 atom stereocenters. The number of amides is 3. The average Bonchev–Trinajstić information content (AvgIpc) is 3.25. The number of aliphatic hydroxyl groups is 1. The second-order valence-corrected chi connectivity index (χ2v) is 7.67. The third-order valence-corrected chi connectivity index (χ3v) is 5.92. The lowest BCUT2D eigenvalue weighted by Crippen LogP contribution is -2.52. The first-order valence-electron chi connectivity index (χ1n) is 9.38. The van der Waals surface area contributed by atoms with Crippen molar-refractivity contribution < 1.29 is 19.5 Å². The molecule has 1 unspecified atom stereocenters. The number of aromatic nitrogens is 3. The van der Waals surface area contributed by atoms with Crippen LogP contribution in [-0.2, 0) is 21.7 Å². The van der Waals surface area contributed by atoms with Crippen LogP contribution in [0.4, 0.5) is 0 Å². The molecule has 2 aromatic rings. The van der Waals surface area contributed by atoms with Gasteiger partial charge >= 0.3 is 0 Å². The lowest BCUT2D eigenvalue weighted by molar-refractivity contribution is -0.136. The van der Waals surface area contributed by atoms with Gasteiger partial charge in [-0.15, -0.1) is 5.10 Å². The molecular formula is C19H19N5O4. The largest absolute Gasteiger partial charge is 0.383 e. The zero-order valence-electron chi connectivity index (χ0n) is 15.1. The fraction of sp³-hybridized carbons (Fsp3) is 0.421. The van der Waals surface area contributed by atoms with Crippen LogP contribution in [0.3, 0.4) is 0 Å². The van der Waals surface area contributed by atoms with E-state index in [1.54, 1.807) is 23.0 Å². The molecule has 0 radical (unpaired) electrons. The van der Waals surface area contributed by atoms with E-state index < -0.39 is 17.6 Å². The molecule has 9 nitrogen and oxygen atoms in total. The van der Waals surface area contributed by atoms with E-state index in [1.165, 1.54) is 4.90 Å². The number of rotatable bonds is 3. The van der Waals surface area contributed by atoms with Crippen LogP contribution in [0.5, 0.6) is 0 Å². The van der Waals surface area contributed by atoms with Gasteiger partial charge in [-0.25, -0.2) is 4.68 Å². The van der Waals surface area contributed by atoms with Crippen molar-refractivity contribution >= 4 is 17.7 Å². The van der Waals surface area contributed by atoms with Gasteiger partial charge in [0.25, 0.3) is 5.91 Å². The number of carbonyl (C=O) groups excluding carboxylic acids is 3. The summed E-state index contributed by atoms with van der Waals surface area (Å²) in [6, 6.07) is 4.71. The van der Waals surface area contributed by atoms with Crippen molar-refractivity contribution in [1.82, 2.24) is 25.2 Å². The summed E-state index contributed by atoms with van der Waals surface area (Å²) in [4.78, 5) is 37.8. The van der Waals surface area contributed by atoms with Crippen molar-refractivity contribution in [3.63, 3.8) is 0 Å². The van der Waals surface area contributed by atoms with E-state index in [-0.39, 0.29) is 18.2 Å². The van der Waals surface area contributed by atoms with Gasteiger partial charge in [-0.05, 0) is 49.4 Å². The SMILES string of the molecule is O=C1CCC(N2Cc3cc(-n4cc(C5(O)CCC5)nn4)ccc3C2=O)C(=O)N1. The minimum absolute atomic E-state index is 0.209. The van der Waals surface area contributed by atoms with Crippen molar-refractivity contribution in [1.29, 1.82) is 0 Å². The van der Waals surface area contributed by atoms with Crippen LogP contribution in [0.2, 0.25) is 0 Å². The van der Waals surface area contributed by atoms with E-state index in [0.29, 0.717) is 37.1 Å². The highest BCUT2D eigenvalue weighted by Crippen LogP contribution is 2.40. The summed E-state index contributed by atoms with van der Waals surface area (Å²) in [5.74, 6) is -0.936. The van der Waals surface area contributed by atoms with Crippen LogP contribution in [-0.4, -0.2) is 48.8 Å². The first-order chi connectivity index (χ1) is 13.4. The van der Waals surface area contributed by atoms with Crippen LogP contribution in [0.25, 0.3) is 5.69 Å². The Hall–Kier alpha value is -3.07. The Morgan fingerprint density at radius 3 is 2.75 bits per heavy atom. The number of hydrogen-bond donors (Lipinski definition) is 2. The normalized spacial score (nSPS) is 23.4. The quantitative estimate of drug-likeness (QED) is 0.743. The van der Waals surface area contributed by atoms with Gasteiger partial charge in [-0.1, -0.05) is 5.21 Å². The molecule has 2 aliphatic heterocycles. The van der Waals surface area contributed by atoms with Gasteiger partial charge in [0.1, 0.15) is 17.3 Å². The van der Waals surface area contributed by atoms with Gasteiger partial charge in [0, 0.05) is 18.5 Å². The Labute approximate surface area is 160 Å². The van der Waals surface area contributed by atoms with Crippen LogP contribution in [0.1, 0.15) is 53.7 Å². The predicted molar refractivity (Wildman–Crippen MR) is 95.2 cm³/mol. The molecule has 3 heterocycles. The third kappa shape index (κ3) is 2.54. The Balaban J connectivity index is 1.40. The molecule has 1 aromatic heterocycles. The highest BCUT2D eigenvalue weighted by molar-refractivity contribution is 6.05. The Morgan fingerprint density at radius 2 is 2.04 bits per heavy atom. The number of hydrogen-bond acceptors (Lipinski definition) is 6. The van der Waals surface area contributed by atoms with Gasteiger partial charge in [0.2, 0.25) is 11.8 Å². The molecule has 1 aromatic carbocycles. The van der Waals surface area contributed by atoms with Crippen LogP contribution < -0.4 is 5.32 Å².